The molecule has 11 heteroatoms. The van der Waals surface area contributed by atoms with Crippen LogP contribution in [0.3, 0.4) is 0 Å². The smallest absolute Gasteiger partial charge is 0.410 e. The molecular weight excluding hydrogens is 530 g/mol. The summed E-state index contributed by atoms with van der Waals surface area (Å²) in [6.07, 6.45) is 0.858. The van der Waals surface area contributed by atoms with E-state index in [1.807, 2.05) is 30.3 Å². The Morgan fingerprint density at radius 2 is 1.79 bits per heavy atom. The number of rotatable bonds is 7. The Labute approximate surface area is 228 Å². The molecule has 0 saturated carbocycles. The number of ether oxygens (including phenoxy) is 1. The SMILES string of the molecule is C[C@H](NC(=O)[C@H]1C[C@H](c2ccccc2)CN1C(=O)OC(C)(C)C)C(=O)NCc1cc(Cl)ccc1S(C)(=O)=O. The average Bonchev–Trinajstić information content (AvgIpc) is 3.27. The molecule has 3 atom stereocenters. The number of hydrogen-bond donors (Lipinski definition) is 2. The molecule has 1 aliphatic rings. The van der Waals surface area contributed by atoms with Crippen LogP contribution in [-0.4, -0.2) is 61.7 Å². The van der Waals surface area contributed by atoms with Gasteiger partial charge in [0, 0.05) is 30.3 Å². The maximum atomic E-state index is 13.3. The highest BCUT2D eigenvalue weighted by Crippen LogP contribution is 2.33. The fourth-order valence-electron chi connectivity index (χ4n) is 4.33. The zero-order chi connectivity index (χ0) is 28.3. The molecule has 2 aromatic carbocycles. The van der Waals surface area contributed by atoms with Crippen molar-refractivity contribution in [2.45, 2.75) is 69.2 Å². The monoisotopic (exact) mass is 563 g/mol. The molecule has 9 nitrogen and oxygen atoms in total. The summed E-state index contributed by atoms with van der Waals surface area (Å²) in [5.74, 6) is -1.06. The van der Waals surface area contributed by atoms with E-state index >= 15 is 0 Å². The second-order valence-corrected chi connectivity index (χ2v) is 12.9. The van der Waals surface area contributed by atoms with E-state index in [9.17, 15) is 22.8 Å². The molecular formula is C27H34ClN3O6S. The third-order valence-electron chi connectivity index (χ3n) is 6.13. The van der Waals surface area contributed by atoms with Gasteiger partial charge in [0.25, 0.3) is 0 Å². The van der Waals surface area contributed by atoms with E-state index in [1.165, 1.54) is 30.0 Å². The van der Waals surface area contributed by atoms with Gasteiger partial charge in [0.05, 0.1) is 4.90 Å². The van der Waals surface area contributed by atoms with Crippen LogP contribution in [0.5, 0.6) is 0 Å². The number of carbonyl (C=O) groups is 3. The second kappa shape index (κ2) is 11.7. The van der Waals surface area contributed by atoms with Crippen LogP contribution in [0.4, 0.5) is 4.79 Å². The molecule has 1 heterocycles. The van der Waals surface area contributed by atoms with Gasteiger partial charge in [-0.1, -0.05) is 41.9 Å². The summed E-state index contributed by atoms with van der Waals surface area (Å²) in [5.41, 5.74) is 0.608. The maximum absolute atomic E-state index is 13.3. The number of halogens is 1. The van der Waals surface area contributed by atoms with Crippen LogP contribution in [0.25, 0.3) is 0 Å². The number of sulfone groups is 1. The van der Waals surface area contributed by atoms with Crippen LogP contribution in [0, 0.1) is 0 Å². The van der Waals surface area contributed by atoms with Crippen LogP contribution in [0.2, 0.25) is 5.02 Å². The molecule has 3 amide bonds. The van der Waals surface area contributed by atoms with Crippen molar-refractivity contribution >= 4 is 39.3 Å². The van der Waals surface area contributed by atoms with Crippen LogP contribution in [0.15, 0.2) is 53.4 Å². The summed E-state index contributed by atoms with van der Waals surface area (Å²) in [5, 5.41) is 5.67. The Morgan fingerprint density at radius 1 is 1.13 bits per heavy atom. The number of hydrogen-bond acceptors (Lipinski definition) is 6. The summed E-state index contributed by atoms with van der Waals surface area (Å²) in [6.45, 7) is 7.00. The van der Waals surface area contributed by atoms with Gasteiger partial charge < -0.3 is 15.4 Å². The highest BCUT2D eigenvalue weighted by molar-refractivity contribution is 7.90. The van der Waals surface area contributed by atoms with Crippen LogP contribution in [-0.2, 0) is 30.7 Å². The van der Waals surface area contributed by atoms with E-state index < -0.39 is 45.4 Å². The maximum Gasteiger partial charge on any atom is 0.410 e. The fourth-order valence-corrected chi connectivity index (χ4v) is 5.45. The summed E-state index contributed by atoms with van der Waals surface area (Å²) >= 11 is 6.01. The topological polar surface area (TPSA) is 122 Å². The molecule has 2 aromatic rings. The van der Waals surface area contributed by atoms with Crippen molar-refractivity contribution in [3.63, 3.8) is 0 Å². The van der Waals surface area contributed by atoms with Crippen molar-refractivity contribution in [2.75, 3.05) is 12.8 Å². The minimum Gasteiger partial charge on any atom is -0.444 e. The number of likely N-dealkylation sites (tertiary alicyclic amines) is 1. The second-order valence-electron chi connectivity index (χ2n) is 10.5. The quantitative estimate of drug-likeness (QED) is 0.530. The molecule has 3 rings (SSSR count). The van der Waals surface area contributed by atoms with Crippen molar-refractivity contribution in [3.05, 3.63) is 64.7 Å². The van der Waals surface area contributed by atoms with Crippen molar-refractivity contribution < 1.29 is 27.5 Å². The molecule has 0 unspecified atom stereocenters. The van der Waals surface area contributed by atoms with Crippen molar-refractivity contribution in [1.29, 1.82) is 0 Å². The number of carbonyl (C=O) groups excluding carboxylic acids is 3. The zero-order valence-corrected chi connectivity index (χ0v) is 23.7. The average molecular weight is 564 g/mol. The number of nitrogens with zero attached hydrogens (tertiary/aromatic N) is 1. The van der Waals surface area contributed by atoms with Crippen LogP contribution >= 0.6 is 11.6 Å². The van der Waals surface area contributed by atoms with Crippen molar-refractivity contribution in [1.82, 2.24) is 15.5 Å². The molecule has 2 N–H and O–H groups in total. The van der Waals surface area contributed by atoms with Gasteiger partial charge in [0.15, 0.2) is 9.84 Å². The van der Waals surface area contributed by atoms with Gasteiger partial charge in [-0.3, -0.25) is 14.5 Å². The lowest BCUT2D eigenvalue weighted by molar-refractivity contribution is -0.131. The van der Waals surface area contributed by atoms with E-state index in [4.69, 9.17) is 16.3 Å². The molecule has 0 bridgehead atoms. The van der Waals surface area contributed by atoms with Crippen LogP contribution < -0.4 is 10.6 Å². The molecule has 0 aromatic heterocycles. The molecule has 38 heavy (non-hydrogen) atoms. The first-order valence-corrected chi connectivity index (χ1v) is 14.5. The standard InChI is InChI=1S/C27H34ClN3O6S/c1-17(24(32)29-15-19-13-21(28)11-12-23(19)38(5,35)36)30-25(33)22-14-20(18-9-7-6-8-10-18)16-31(22)26(34)37-27(2,3)4/h6-13,17,20,22H,14-16H2,1-5H3,(H,29,32)(H,30,33)/t17-,20-,22+/m0/s1. The lowest BCUT2D eigenvalue weighted by Gasteiger charge is -2.28. The van der Waals surface area contributed by atoms with Crippen molar-refractivity contribution in [3.8, 4) is 0 Å². The molecule has 1 fully saturated rings. The van der Waals surface area contributed by atoms with Gasteiger partial charge in [0.1, 0.15) is 17.7 Å². The lowest BCUT2D eigenvalue weighted by Crippen LogP contribution is -2.52. The Kier molecular flexibility index (Phi) is 9.09. The largest absolute Gasteiger partial charge is 0.444 e. The Bertz CT molecular complexity index is 1290. The Balaban J connectivity index is 1.70. The first-order chi connectivity index (χ1) is 17.7. The molecule has 0 spiro atoms. The molecule has 1 saturated heterocycles. The third kappa shape index (κ3) is 7.70. The van der Waals surface area contributed by atoms with E-state index in [1.54, 1.807) is 20.8 Å². The van der Waals surface area contributed by atoms with Gasteiger partial charge in [-0.15, -0.1) is 0 Å². The van der Waals surface area contributed by atoms with Crippen molar-refractivity contribution in [2.24, 2.45) is 0 Å². The minimum absolute atomic E-state index is 0.0600. The zero-order valence-electron chi connectivity index (χ0n) is 22.2. The van der Waals surface area contributed by atoms with Gasteiger partial charge in [0.2, 0.25) is 11.8 Å². The molecule has 0 aliphatic carbocycles. The summed E-state index contributed by atoms with van der Waals surface area (Å²) in [6, 6.07) is 12.2. The van der Waals surface area contributed by atoms with Gasteiger partial charge in [-0.2, -0.15) is 0 Å². The first kappa shape index (κ1) is 29.4. The van der Waals surface area contributed by atoms with E-state index in [2.05, 4.69) is 10.6 Å². The Hall–Kier alpha value is -3.11. The summed E-state index contributed by atoms with van der Waals surface area (Å²) < 4.78 is 29.7. The predicted octanol–water partition coefficient (Wildman–Crippen LogP) is 3.66. The fraction of sp³-hybridized carbons (Fsp3) is 0.444. The normalized spacial score (nSPS) is 18.5. The third-order valence-corrected chi connectivity index (χ3v) is 7.56. The summed E-state index contributed by atoms with van der Waals surface area (Å²) in [4.78, 5) is 40.5. The van der Waals surface area contributed by atoms with E-state index in [-0.39, 0.29) is 17.4 Å². The van der Waals surface area contributed by atoms with Gasteiger partial charge in [-0.05, 0) is 63.4 Å². The minimum atomic E-state index is -3.53. The summed E-state index contributed by atoms with van der Waals surface area (Å²) in [7, 11) is -3.53. The molecule has 1 aliphatic heterocycles. The lowest BCUT2D eigenvalue weighted by atomic mass is 9.96. The number of amides is 3. The highest BCUT2D eigenvalue weighted by atomic mass is 35.5. The van der Waals surface area contributed by atoms with E-state index in [0.717, 1.165) is 11.8 Å². The molecule has 0 radical (unpaired) electrons. The van der Waals surface area contributed by atoms with Gasteiger partial charge >= 0.3 is 6.09 Å². The predicted molar refractivity (Wildman–Crippen MR) is 145 cm³/mol. The number of nitrogens with one attached hydrogen (secondary N) is 2. The Morgan fingerprint density at radius 3 is 2.39 bits per heavy atom. The highest BCUT2D eigenvalue weighted by Gasteiger charge is 2.42. The first-order valence-electron chi connectivity index (χ1n) is 12.3. The van der Waals surface area contributed by atoms with Gasteiger partial charge in [-0.25, -0.2) is 13.2 Å². The molecule has 206 valence electrons. The van der Waals surface area contributed by atoms with Crippen LogP contribution in [0.1, 0.15) is 51.2 Å². The van der Waals surface area contributed by atoms with E-state index in [0.29, 0.717) is 23.6 Å². The number of benzene rings is 2.